The fraction of sp³-hybridized carbons (Fsp3) is 0. The van der Waals surface area contributed by atoms with Crippen LogP contribution in [0.2, 0.25) is 10.0 Å². The van der Waals surface area contributed by atoms with Gasteiger partial charge in [0, 0.05) is 16.0 Å². The van der Waals surface area contributed by atoms with Gasteiger partial charge in [-0.25, -0.2) is 0 Å². The molecule has 0 saturated heterocycles. The molecular weight excluding hydrogens is 799 g/mol. The summed E-state index contributed by atoms with van der Waals surface area (Å²) in [5.41, 5.74) is 2.49. The fourth-order valence-electron chi connectivity index (χ4n) is 7.12. The zero-order chi connectivity index (χ0) is 41.5. The molecule has 0 radical (unpaired) electrons. The lowest BCUT2D eigenvalue weighted by Gasteiger charge is -2.12. The van der Waals surface area contributed by atoms with Crippen molar-refractivity contribution in [3.63, 3.8) is 0 Å². The van der Waals surface area contributed by atoms with Crippen LogP contribution in [0.1, 0.15) is 20.7 Å². The molecule has 13 heteroatoms. The smallest absolute Gasteiger partial charge is 0.259 e. The molecule has 2 amide bonds. The zero-order valence-electron chi connectivity index (χ0n) is 31.0. The van der Waals surface area contributed by atoms with E-state index in [9.17, 15) is 24.6 Å². The highest BCUT2D eigenvalue weighted by Gasteiger charge is 2.23. The minimum atomic E-state index is -0.620. The number of hydrogen-bond acceptors (Lipinski definition) is 9. The standard InChI is InChI=1S/C47H28Cl2N6O5/c48-36-13-5-7-15-38(36)50-46(59)34-22-25-9-1-3-11-30(25)42(44(34)57)54-52-40-20-19-32-29-18-17-28(56)21-27(29)24-33(32)41(40)53-55-43-31-12-4-2-10-26(31)23-35(45(43)58)47(60)51-39-16-8-6-14-37(39)49/h1-24,57-58H,(H,50,59)(H,51,60). The van der Waals surface area contributed by atoms with Crippen molar-refractivity contribution < 1.29 is 24.6 Å². The number of carbonyl (C=O) groups excluding carboxylic acids is 3. The third-order valence-electron chi connectivity index (χ3n) is 10.0. The summed E-state index contributed by atoms with van der Waals surface area (Å²) < 4.78 is 0. The molecule has 7 aromatic carbocycles. The Bertz CT molecular complexity index is 3280. The van der Waals surface area contributed by atoms with E-state index in [1.54, 1.807) is 127 Å². The summed E-state index contributed by atoms with van der Waals surface area (Å²) in [6.07, 6.45) is 6.51. The van der Waals surface area contributed by atoms with Crippen LogP contribution in [0.4, 0.5) is 34.1 Å². The number of nitrogens with one attached hydrogen (secondary N) is 2. The summed E-state index contributed by atoms with van der Waals surface area (Å²) in [4.78, 5) is 39.6. The minimum absolute atomic E-state index is 0.0103. The highest BCUT2D eigenvalue weighted by atomic mass is 35.5. The summed E-state index contributed by atoms with van der Waals surface area (Å²) in [5, 5.41) is 51.3. The maximum absolute atomic E-state index is 13.6. The van der Waals surface area contributed by atoms with Gasteiger partial charge in [0.25, 0.3) is 11.8 Å². The molecule has 0 fully saturated rings. The number of nitrogens with zero attached hydrogens (tertiary/aromatic N) is 4. The summed E-state index contributed by atoms with van der Waals surface area (Å²) in [5.74, 6) is -2.26. The zero-order valence-corrected chi connectivity index (χ0v) is 32.5. The highest BCUT2D eigenvalue weighted by Crippen LogP contribution is 2.43. The van der Waals surface area contributed by atoms with Crippen LogP contribution < -0.4 is 21.1 Å². The number of benzene rings is 7. The molecule has 4 N–H and O–H groups in total. The van der Waals surface area contributed by atoms with E-state index in [0.29, 0.717) is 53.8 Å². The molecule has 0 aromatic heterocycles. The van der Waals surface area contributed by atoms with Gasteiger partial charge in [-0.3, -0.25) is 14.4 Å². The lowest BCUT2D eigenvalue weighted by atomic mass is 10.0. The van der Waals surface area contributed by atoms with E-state index in [1.807, 2.05) is 6.07 Å². The van der Waals surface area contributed by atoms with Crippen LogP contribution >= 0.6 is 23.2 Å². The summed E-state index contributed by atoms with van der Waals surface area (Å²) in [6.45, 7) is 0. The first kappa shape index (κ1) is 37.8. The molecule has 0 bridgehead atoms. The number of aromatic hydroxyl groups is 2. The summed E-state index contributed by atoms with van der Waals surface area (Å²) >= 11 is 12.6. The molecule has 0 aliphatic heterocycles. The van der Waals surface area contributed by atoms with Gasteiger partial charge in [0.1, 0.15) is 22.7 Å². The maximum Gasteiger partial charge on any atom is 0.259 e. The summed E-state index contributed by atoms with van der Waals surface area (Å²) in [7, 11) is 0. The van der Waals surface area contributed by atoms with Crippen molar-refractivity contribution in [2.24, 2.45) is 20.5 Å². The van der Waals surface area contributed by atoms with Gasteiger partial charge in [-0.1, -0.05) is 102 Å². The van der Waals surface area contributed by atoms with E-state index in [-0.39, 0.29) is 39.7 Å². The Morgan fingerprint density at radius 1 is 0.550 bits per heavy atom. The maximum atomic E-state index is 13.6. The van der Waals surface area contributed by atoms with Gasteiger partial charge in [-0.15, -0.1) is 20.5 Å². The van der Waals surface area contributed by atoms with Crippen molar-refractivity contribution in [3.8, 4) is 11.5 Å². The Morgan fingerprint density at radius 3 is 1.62 bits per heavy atom. The topological polar surface area (TPSA) is 165 Å². The van der Waals surface area contributed by atoms with Gasteiger partial charge in [-0.2, -0.15) is 0 Å². The summed E-state index contributed by atoms with van der Waals surface area (Å²) in [6, 6.07) is 34.3. The number of hydrogen-bond donors (Lipinski definition) is 4. The van der Waals surface area contributed by atoms with Crippen molar-refractivity contribution in [1.82, 2.24) is 0 Å². The molecule has 60 heavy (non-hydrogen) atoms. The first-order valence-corrected chi connectivity index (χ1v) is 19.2. The van der Waals surface area contributed by atoms with Gasteiger partial charge in [0.15, 0.2) is 17.3 Å². The Morgan fingerprint density at radius 2 is 1.05 bits per heavy atom. The van der Waals surface area contributed by atoms with E-state index in [4.69, 9.17) is 23.2 Å². The van der Waals surface area contributed by atoms with Gasteiger partial charge < -0.3 is 20.8 Å². The van der Waals surface area contributed by atoms with Crippen molar-refractivity contribution >= 4 is 108 Å². The number of phenolic OH excluding ortho intramolecular Hbond substituents is 2. The number of ketones is 1. The average Bonchev–Trinajstić information content (AvgIpc) is 3.62. The van der Waals surface area contributed by atoms with E-state index in [2.05, 4.69) is 31.1 Å². The SMILES string of the molecule is O=C1C=CC2=c3ccc(N=Nc4c(O)c(C(=O)Nc5ccccc5Cl)cc5ccccc45)c(N=Nc4c(O)c(C(=O)Nc5ccccc5Cl)cc5ccccc45)c3=CC2=C1. The third kappa shape index (κ3) is 6.98. The van der Waals surface area contributed by atoms with E-state index in [0.717, 1.165) is 10.8 Å². The van der Waals surface area contributed by atoms with Crippen LogP contribution in [0.15, 0.2) is 166 Å². The monoisotopic (exact) mass is 826 g/mol. The highest BCUT2D eigenvalue weighted by molar-refractivity contribution is 6.34. The van der Waals surface area contributed by atoms with Crippen LogP contribution in [0.5, 0.6) is 11.5 Å². The van der Waals surface area contributed by atoms with Gasteiger partial charge in [0.2, 0.25) is 0 Å². The van der Waals surface area contributed by atoms with Gasteiger partial charge >= 0.3 is 0 Å². The predicted octanol–water partition coefficient (Wildman–Crippen LogP) is 11.1. The van der Waals surface area contributed by atoms with Crippen molar-refractivity contribution in [2.75, 3.05) is 10.6 Å². The van der Waals surface area contributed by atoms with Crippen LogP contribution in [0.25, 0.3) is 33.2 Å². The van der Waals surface area contributed by atoms with E-state index >= 15 is 0 Å². The quantitative estimate of drug-likeness (QED) is 0.112. The molecule has 9 rings (SSSR count). The first-order valence-electron chi connectivity index (χ1n) is 18.4. The number of rotatable bonds is 8. The second kappa shape index (κ2) is 15.6. The lowest BCUT2D eigenvalue weighted by Crippen LogP contribution is -2.22. The number of allylic oxidation sites excluding steroid dienone is 4. The van der Waals surface area contributed by atoms with Crippen molar-refractivity contribution in [2.45, 2.75) is 0 Å². The molecule has 0 heterocycles. The van der Waals surface area contributed by atoms with Crippen LogP contribution in [-0.2, 0) is 4.79 Å². The number of anilines is 2. The van der Waals surface area contributed by atoms with Crippen LogP contribution in [-0.4, -0.2) is 27.8 Å². The predicted molar refractivity (Wildman–Crippen MR) is 234 cm³/mol. The molecule has 0 spiro atoms. The second-order valence-electron chi connectivity index (χ2n) is 13.7. The van der Waals surface area contributed by atoms with Gasteiger partial charge in [-0.05, 0) is 93.9 Å². The fourth-order valence-corrected chi connectivity index (χ4v) is 7.48. The Hall–Kier alpha value is -7.73. The van der Waals surface area contributed by atoms with Crippen LogP contribution in [0, 0.1) is 0 Å². The molecule has 11 nitrogen and oxygen atoms in total. The largest absolute Gasteiger partial charge is 0.505 e. The minimum Gasteiger partial charge on any atom is -0.505 e. The Balaban J connectivity index is 1.19. The van der Waals surface area contributed by atoms with Crippen LogP contribution in [0.3, 0.4) is 0 Å². The molecule has 0 saturated carbocycles. The number of azo groups is 2. The normalized spacial score (nSPS) is 13.1. The van der Waals surface area contributed by atoms with E-state index in [1.165, 1.54) is 12.2 Å². The van der Waals surface area contributed by atoms with E-state index < -0.39 is 23.3 Å². The molecule has 2 aliphatic carbocycles. The average molecular weight is 828 g/mol. The third-order valence-corrected chi connectivity index (χ3v) is 10.7. The number of carbonyl (C=O) groups is 3. The lowest BCUT2D eigenvalue weighted by molar-refractivity contribution is -0.110. The first-order chi connectivity index (χ1) is 29.1. The van der Waals surface area contributed by atoms with Crippen molar-refractivity contribution in [1.29, 1.82) is 0 Å². The number of para-hydroxylation sites is 2. The molecule has 2 aliphatic rings. The van der Waals surface area contributed by atoms with Crippen molar-refractivity contribution in [3.05, 3.63) is 177 Å². The molecule has 0 unspecified atom stereocenters. The molecule has 7 aromatic rings. The molecular formula is C47H28Cl2N6O5. The molecule has 0 atom stereocenters. The molecule has 290 valence electrons. The number of phenols is 2. The second-order valence-corrected chi connectivity index (χ2v) is 14.6. The number of amides is 2. The Kier molecular flexibility index (Phi) is 9.81. The number of fused-ring (bicyclic) bond motifs is 4. The van der Waals surface area contributed by atoms with Gasteiger partial charge in [0.05, 0.1) is 32.5 Å². The Labute approximate surface area is 350 Å². The number of halogens is 2.